The van der Waals surface area contributed by atoms with Crippen molar-refractivity contribution in [2.45, 2.75) is 20.3 Å². The first-order valence-electron chi connectivity index (χ1n) is 8.28. The van der Waals surface area contributed by atoms with Gasteiger partial charge in [-0.1, -0.05) is 61.2 Å². The smallest absolute Gasteiger partial charge is 0.0384 e. The van der Waals surface area contributed by atoms with Crippen molar-refractivity contribution in [2.24, 2.45) is 0 Å². The molecule has 0 aliphatic heterocycles. The van der Waals surface area contributed by atoms with Crippen LogP contribution in [0.1, 0.15) is 27.8 Å². The fourth-order valence-corrected chi connectivity index (χ4v) is 2.71. The Kier molecular flexibility index (Phi) is 4.81. The van der Waals surface area contributed by atoms with Crippen LogP contribution >= 0.6 is 0 Å². The van der Waals surface area contributed by atoms with E-state index < -0.39 is 0 Å². The molecular weight excluding hydrogens is 290 g/mol. The van der Waals surface area contributed by atoms with Crippen molar-refractivity contribution in [3.63, 3.8) is 0 Å². The zero-order valence-electron chi connectivity index (χ0n) is 14.3. The van der Waals surface area contributed by atoms with Gasteiger partial charge in [-0.05, 0) is 66.3 Å². The van der Waals surface area contributed by atoms with E-state index in [0.717, 1.165) is 23.4 Å². The van der Waals surface area contributed by atoms with E-state index in [4.69, 9.17) is 0 Å². The quantitative estimate of drug-likeness (QED) is 0.611. The van der Waals surface area contributed by atoms with Crippen LogP contribution in [-0.4, -0.2) is 0 Å². The molecule has 24 heavy (non-hydrogen) atoms. The summed E-state index contributed by atoms with van der Waals surface area (Å²) >= 11 is 0. The van der Waals surface area contributed by atoms with E-state index in [1.165, 1.54) is 22.3 Å². The fourth-order valence-electron chi connectivity index (χ4n) is 2.71. The summed E-state index contributed by atoms with van der Waals surface area (Å²) < 4.78 is 0. The molecule has 3 aromatic carbocycles. The topological polar surface area (TPSA) is 12.0 Å². The molecule has 120 valence electrons. The van der Waals surface area contributed by atoms with Crippen LogP contribution < -0.4 is 5.32 Å². The standard InChI is InChI=1S/C23H23N/c1-17-9-12-22(15-18(17)2)19(3)24-23-13-10-21(11-14-23)16-20-7-5-4-6-8-20/h4-15,24H,3,16H2,1-2H3. The molecular formula is C23H23N. The van der Waals surface area contributed by atoms with E-state index >= 15 is 0 Å². The number of anilines is 1. The molecule has 0 aliphatic rings. The van der Waals surface area contributed by atoms with Crippen LogP contribution in [0.25, 0.3) is 5.70 Å². The van der Waals surface area contributed by atoms with Gasteiger partial charge in [-0.2, -0.15) is 0 Å². The predicted octanol–water partition coefficient (Wildman–Crippen LogP) is 5.98. The van der Waals surface area contributed by atoms with E-state index in [-0.39, 0.29) is 0 Å². The lowest BCUT2D eigenvalue weighted by Crippen LogP contribution is -1.98. The average Bonchev–Trinajstić information content (AvgIpc) is 2.60. The van der Waals surface area contributed by atoms with Crippen molar-refractivity contribution in [3.8, 4) is 0 Å². The predicted molar refractivity (Wildman–Crippen MR) is 104 cm³/mol. The summed E-state index contributed by atoms with van der Waals surface area (Å²) in [6, 6.07) is 25.5. The highest BCUT2D eigenvalue weighted by Crippen LogP contribution is 2.20. The summed E-state index contributed by atoms with van der Waals surface area (Å²) in [6.07, 6.45) is 0.958. The number of nitrogens with one attached hydrogen (secondary N) is 1. The Morgan fingerprint density at radius 1 is 0.792 bits per heavy atom. The summed E-state index contributed by atoms with van der Waals surface area (Å²) in [5.41, 5.74) is 8.35. The van der Waals surface area contributed by atoms with Gasteiger partial charge >= 0.3 is 0 Å². The van der Waals surface area contributed by atoms with Crippen LogP contribution in [0.5, 0.6) is 0 Å². The molecule has 0 aromatic heterocycles. The molecule has 0 bridgehead atoms. The summed E-state index contributed by atoms with van der Waals surface area (Å²) in [4.78, 5) is 0. The molecule has 0 aliphatic carbocycles. The van der Waals surface area contributed by atoms with Crippen LogP contribution in [0, 0.1) is 13.8 Å². The molecule has 1 nitrogen and oxygen atoms in total. The van der Waals surface area contributed by atoms with Crippen molar-refractivity contribution in [3.05, 3.63) is 107 Å². The minimum Gasteiger partial charge on any atom is -0.356 e. The van der Waals surface area contributed by atoms with E-state index in [1.54, 1.807) is 0 Å². The molecule has 0 radical (unpaired) electrons. The van der Waals surface area contributed by atoms with Crippen molar-refractivity contribution < 1.29 is 0 Å². The monoisotopic (exact) mass is 313 g/mol. The third-order valence-corrected chi connectivity index (χ3v) is 4.36. The molecule has 3 rings (SSSR count). The molecule has 0 unspecified atom stereocenters. The maximum Gasteiger partial charge on any atom is 0.0384 e. The maximum atomic E-state index is 4.17. The van der Waals surface area contributed by atoms with Crippen LogP contribution in [0.15, 0.2) is 79.4 Å². The van der Waals surface area contributed by atoms with Gasteiger partial charge in [0.15, 0.2) is 0 Å². The maximum absolute atomic E-state index is 4.17. The fraction of sp³-hybridized carbons (Fsp3) is 0.130. The van der Waals surface area contributed by atoms with E-state index in [9.17, 15) is 0 Å². The normalized spacial score (nSPS) is 10.4. The van der Waals surface area contributed by atoms with Crippen LogP contribution in [0.3, 0.4) is 0 Å². The minimum absolute atomic E-state index is 0.925. The molecule has 0 saturated heterocycles. The van der Waals surface area contributed by atoms with Crippen LogP contribution in [0.4, 0.5) is 5.69 Å². The van der Waals surface area contributed by atoms with E-state index in [1.807, 2.05) is 0 Å². The molecule has 0 atom stereocenters. The van der Waals surface area contributed by atoms with Gasteiger partial charge in [0.1, 0.15) is 0 Å². The van der Waals surface area contributed by atoms with Gasteiger partial charge in [0.25, 0.3) is 0 Å². The highest BCUT2D eigenvalue weighted by Gasteiger charge is 2.02. The second kappa shape index (κ2) is 7.18. The van der Waals surface area contributed by atoms with Gasteiger partial charge in [0, 0.05) is 11.4 Å². The molecule has 0 spiro atoms. The third-order valence-electron chi connectivity index (χ3n) is 4.36. The molecule has 1 N–H and O–H groups in total. The Hall–Kier alpha value is -2.80. The highest BCUT2D eigenvalue weighted by molar-refractivity contribution is 5.75. The molecule has 0 amide bonds. The lowest BCUT2D eigenvalue weighted by Gasteiger charge is -2.12. The van der Waals surface area contributed by atoms with Crippen molar-refractivity contribution in [1.29, 1.82) is 0 Å². The first kappa shape index (κ1) is 16.1. The molecule has 0 fully saturated rings. The molecule has 0 saturated carbocycles. The summed E-state index contributed by atoms with van der Waals surface area (Å²) in [7, 11) is 0. The number of hydrogen-bond acceptors (Lipinski definition) is 1. The molecule has 3 aromatic rings. The second-order valence-electron chi connectivity index (χ2n) is 6.26. The van der Waals surface area contributed by atoms with Crippen LogP contribution in [-0.2, 0) is 6.42 Å². The van der Waals surface area contributed by atoms with Gasteiger partial charge in [0.2, 0.25) is 0 Å². The first-order valence-corrected chi connectivity index (χ1v) is 8.28. The van der Waals surface area contributed by atoms with Crippen molar-refractivity contribution in [2.75, 3.05) is 5.32 Å². The number of benzene rings is 3. The van der Waals surface area contributed by atoms with Crippen LogP contribution in [0.2, 0.25) is 0 Å². The highest BCUT2D eigenvalue weighted by atomic mass is 14.9. The Bertz CT molecular complexity index is 830. The van der Waals surface area contributed by atoms with E-state index in [0.29, 0.717) is 0 Å². The minimum atomic E-state index is 0.925. The second-order valence-corrected chi connectivity index (χ2v) is 6.26. The largest absolute Gasteiger partial charge is 0.356 e. The molecule has 1 heteroatoms. The summed E-state index contributed by atoms with van der Waals surface area (Å²) in [5.74, 6) is 0. The number of hydrogen-bond donors (Lipinski definition) is 1. The Morgan fingerprint density at radius 3 is 2.12 bits per heavy atom. The van der Waals surface area contributed by atoms with Gasteiger partial charge in [-0.25, -0.2) is 0 Å². The first-order chi connectivity index (χ1) is 11.6. The van der Waals surface area contributed by atoms with Gasteiger partial charge < -0.3 is 5.32 Å². The molecule has 0 heterocycles. The lowest BCUT2D eigenvalue weighted by molar-refractivity contribution is 1.19. The Balaban J connectivity index is 1.67. The lowest BCUT2D eigenvalue weighted by atomic mass is 10.0. The third kappa shape index (κ3) is 3.94. The van der Waals surface area contributed by atoms with Gasteiger partial charge in [-0.3, -0.25) is 0 Å². The Morgan fingerprint density at radius 2 is 1.46 bits per heavy atom. The zero-order chi connectivity index (χ0) is 16.9. The number of aryl methyl sites for hydroxylation is 2. The van der Waals surface area contributed by atoms with Gasteiger partial charge in [-0.15, -0.1) is 0 Å². The zero-order valence-corrected chi connectivity index (χ0v) is 14.3. The number of rotatable bonds is 5. The van der Waals surface area contributed by atoms with Crippen molar-refractivity contribution >= 4 is 11.4 Å². The average molecular weight is 313 g/mol. The van der Waals surface area contributed by atoms with E-state index in [2.05, 4.69) is 98.5 Å². The Labute approximate surface area is 144 Å². The van der Waals surface area contributed by atoms with Crippen molar-refractivity contribution in [1.82, 2.24) is 0 Å². The van der Waals surface area contributed by atoms with Gasteiger partial charge in [0.05, 0.1) is 0 Å². The SMILES string of the molecule is C=C(Nc1ccc(Cc2ccccc2)cc1)c1ccc(C)c(C)c1. The summed E-state index contributed by atoms with van der Waals surface area (Å²) in [5, 5.41) is 3.40. The summed E-state index contributed by atoms with van der Waals surface area (Å²) in [6.45, 7) is 8.43.